The van der Waals surface area contributed by atoms with Crippen molar-refractivity contribution in [3.05, 3.63) is 77.2 Å². The van der Waals surface area contributed by atoms with E-state index < -0.39 is 0 Å². The second kappa shape index (κ2) is 6.49. The third kappa shape index (κ3) is 3.04. The number of aryl methyl sites for hydroxylation is 1. The van der Waals surface area contributed by atoms with Crippen molar-refractivity contribution in [1.82, 2.24) is 19.7 Å². The highest BCUT2D eigenvalue weighted by Crippen LogP contribution is 2.27. The van der Waals surface area contributed by atoms with Crippen LogP contribution in [0.2, 0.25) is 0 Å². The van der Waals surface area contributed by atoms with Gasteiger partial charge in [0.25, 0.3) is 5.91 Å². The van der Waals surface area contributed by atoms with Gasteiger partial charge in [0.2, 0.25) is 0 Å². The molecule has 6 heteroatoms. The second-order valence-corrected chi connectivity index (χ2v) is 6.61. The van der Waals surface area contributed by atoms with Crippen molar-refractivity contribution in [2.24, 2.45) is 0 Å². The molecular formula is C19H16N4OS. The number of carbonyl (C=O) groups is 1. The van der Waals surface area contributed by atoms with Gasteiger partial charge in [-0.15, -0.1) is 11.3 Å². The first-order chi connectivity index (χ1) is 12.2. The van der Waals surface area contributed by atoms with Gasteiger partial charge in [0.05, 0.1) is 17.9 Å². The standard InChI is InChI=1S/C19H16N4OS/c1-13-5-7-14(8-6-13)17-16(22-19-23(17)10-11-25-19)18(24)21-12-15-4-2-3-9-20-15/h2-11H,12H2,1H3,(H,21,24). The number of amides is 1. The van der Waals surface area contributed by atoms with Crippen LogP contribution >= 0.6 is 11.3 Å². The summed E-state index contributed by atoms with van der Waals surface area (Å²) in [6.07, 6.45) is 3.66. The van der Waals surface area contributed by atoms with Gasteiger partial charge >= 0.3 is 0 Å². The SMILES string of the molecule is Cc1ccc(-c2c(C(=O)NCc3ccccn3)nc3sccn23)cc1. The Balaban J connectivity index is 1.69. The number of thiazole rings is 1. The number of pyridine rings is 1. The minimum Gasteiger partial charge on any atom is -0.345 e. The summed E-state index contributed by atoms with van der Waals surface area (Å²) in [4.78, 5) is 22.3. The van der Waals surface area contributed by atoms with E-state index in [-0.39, 0.29) is 5.91 Å². The van der Waals surface area contributed by atoms with Gasteiger partial charge in [-0.1, -0.05) is 35.9 Å². The van der Waals surface area contributed by atoms with Crippen molar-refractivity contribution in [3.63, 3.8) is 0 Å². The van der Waals surface area contributed by atoms with Crippen molar-refractivity contribution < 1.29 is 4.79 Å². The zero-order valence-electron chi connectivity index (χ0n) is 13.6. The molecule has 3 aromatic heterocycles. The van der Waals surface area contributed by atoms with E-state index in [1.165, 1.54) is 16.9 Å². The van der Waals surface area contributed by atoms with Crippen LogP contribution in [-0.2, 0) is 6.54 Å². The molecule has 4 rings (SSSR count). The van der Waals surface area contributed by atoms with E-state index in [1.54, 1.807) is 6.20 Å². The lowest BCUT2D eigenvalue weighted by Gasteiger charge is -2.06. The number of aromatic nitrogens is 3. The predicted molar refractivity (Wildman–Crippen MR) is 98.6 cm³/mol. The molecule has 0 saturated heterocycles. The molecule has 1 amide bonds. The number of rotatable bonds is 4. The average molecular weight is 348 g/mol. The van der Waals surface area contributed by atoms with E-state index in [9.17, 15) is 4.79 Å². The van der Waals surface area contributed by atoms with E-state index in [2.05, 4.69) is 15.3 Å². The molecule has 0 fully saturated rings. The lowest BCUT2D eigenvalue weighted by Crippen LogP contribution is -2.24. The highest BCUT2D eigenvalue weighted by atomic mass is 32.1. The molecular weight excluding hydrogens is 332 g/mol. The molecule has 0 unspecified atom stereocenters. The predicted octanol–water partition coefficient (Wildman–Crippen LogP) is 3.70. The number of hydrogen-bond donors (Lipinski definition) is 1. The van der Waals surface area contributed by atoms with Crippen molar-refractivity contribution in [3.8, 4) is 11.3 Å². The summed E-state index contributed by atoms with van der Waals surface area (Å²) >= 11 is 1.51. The molecule has 0 spiro atoms. The zero-order valence-corrected chi connectivity index (χ0v) is 14.5. The second-order valence-electron chi connectivity index (χ2n) is 5.73. The monoisotopic (exact) mass is 348 g/mol. The van der Waals surface area contributed by atoms with Crippen LogP contribution in [0.3, 0.4) is 0 Å². The summed E-state index contributed by atoms with van der Waals surface area (Å²) < 4.78 is 1.96. The van der Waals surface area contributed by atoms with E-state index in [1.807, 2.05) is 65.4 Å². The van der Waals surface area contributed by atoms with Crippen molar-refractivity contribution in [2.45, 2.75) is 13.5 Å². The molecule has 4 aromatic rings. The van der Waals surface area contributed by atoms with Crippen LogP contribution in [0.5, 0.6) is 0 Å². The third-order valence-electron chi connectivity index (χ3n) is 3.96. The molecule has 1 aromatic carbocycles. The van der Waals surface area contributed by atoms with Crippen LogP contribution < -0.4 is 5.32 Å². The molecule has 25 heavy (non-hydrogen) atoms. The Morgan fingerprint density at radius 2 is 2.04 bits per heavy atom. The van der Waals surface area contributed by atoms with Crippen molar-refractivity contribution in [2.75, 3.05) is 0 Å². The summed E-state index contributed by atoms with van der Waals surface area (Å²) in [7, 11) is 0. The molecule has 0 aliphatic carbocycles. The zero-order chi connectivity index (χ0) is 17.2. The van der Waals surface area contributed by atoms with Gasteiger partial charge in [-0.05, 0) is 19.1 Å². The number of hydrogen-bond acceptors (Lipinski definition) is 4. The summed E-state index contributed by atoms with van der Waals surface area (Å²) in [5, 5.41) is 4.88. The Hall–Kier alpha value is -2.99. The summed E-state index contributed by atoms with van der Waals surface area (Å²) in [6.45, 7) is 2.42. The lowest BCUT2D eigenvalue weighted by atomic mass is 10.1. The first kappa shape index (κ1) is 15.5. The van der Waals surface area contributed by atoms with E-state index in [0.29, 0.717) is 12.2 Å². The number of nitrogens with one attached hydrogen (secondary N) is 1. The van der Waals surface area contributed by atoms with Gasteiger partial charge in [-0.3, -0.25) is 14.2 Å². The molecule has 0 radical (unpaired) electrons. The topological polar surface area (TPSA) is 59.3 Å². The van der Waals surface area contributed by atoms with Gasteiger partial charge in [-0.25, -0.2) is 4.98 Å². The number of carbonyl (C=O) groups excluding carboxylic acids is 1. The lowest BCUT2D eigenvalue weighted by molar-refractivity contribution is 0.0947. The molecule has 5 nitrogen and oxygen atoms in total. The fourth-order valence-corrected chi connectivity index (χ4v) is 3.40. The van der Waals surface area contributed by atoms with E-state index >= 15 is 0 Å². The highest BCUT2D eigenvalue weighted by molar-refractivity contribution is 7.15. The van der Waals surface area contributed by atoms with E-state index in [0.717, 1.165) is 21.9 Å². The molecule has 1 N–H and O–H groups in total. The minimum absolute atomic E-state index is 0.197. The Labute approximate surface area is 149 Å². The maximum atomic E-state index is 12.7. The van der Waals surface area contributed by atoms with Gasteiger partial charge in [0, 0.05) is 23.3 Å². The maximum Gasteiger partial charge on any atom is 0.272 e. The van der Waals surface area contributed by atoms with Gasteiger partial charge < -0.3 is 5.32 Å². The number of nitrogens with zero attached hydrogens (tertiary/aromatic N) is 3. The Morgan fingerprint density at radius 3 is 2.80 bits per heavy atom. The van der Waals surface area contributed by atoms with E-state index in [4.69, 9.17) is 0 Å². The first-order valence-corrected chi connectivity index (χ1v) is 8.81. The molecule has 0 aliphatic heterocycles. The fourth-order valence-electron chi connectivity index (χ4n) is 2.69. The van der Waals surface area contributed by atoms with Crippen LogP contribution in [0.1, 0.15) is 21.7 Å². The minimum atomic E-state index is -0.197. The normalized spacial score (nSPS) is 10.9. The van der Waals surface area contributed by atoms with Gasteiger partial charge in [-0.2, -0.15) is 0 Å². The Kier molecular flexibility index (Phi) is 4.03. The van der Waals surface area contributed by atoms with Crippen LogP contribution in [0, 0.1) is 6.92 Å². The van der Waals surface area contributed by atoms with Crippen molar-refractivity contribution >= 4 is 22.2 Å². The molecule has 0 bridgehead atoms. The van der Waals surface area contributed by atoms with Crippen LogP contribution in [0.15, 0.2) is 60.2 Å². The van der Waals surface area contributed by atoms with Crippen LogP contribution in [-0.4, -0.2) is 20.3 Å². The molecule has 124 valence electrons. The highest BCUT2D eigenvalue weighted by Gasteiger charge is 2.20. The maximum absolute atomic E-state index is 12.7. The molecule has 0 aliphatic rings. The van der Waals surface area contributed by atoms with Crippen molar-refractivity contribution in [1.29, 1.82) is 0 Å². The smallest absolute Gasteiger partial charge is 0.272 e. The number of imidazole rings is 1. The third-order valence-corrected chi connectivity index (χ3v) is 4.72. The summed E-state index contributed by atoms with van der Waals surface area (Å²) in [5.41, 5.74) is 4.21. The Bertz CT molecular complexity index is 1020. The number of fused-ring (bicyclic) bond motifs is 1. The largest absolute Gasteiger partial charge is 0.345 e. The fraction of sp³-hybridized carbons (Fsp3) is 0.105. The average Bonchev–Trinajstić information content (AvgIpc) is 3.22. The summed E-state index contributed by atoms with van der Waals surface area (Å²) in [6, 6.07) is 13.8. The Morgan fingerprint density at radius 1 is 1.20 bits per heavy atom. The van der Waals surface area contributed by atoms with Crippen LogP contribution in [0.4, 0.5) is 0 Å². The molecule has 0 saturated carbocycles. The van der Waals surface area contributed by atoms with Gasteiger partial charge in [0.1, 0.15) is 0 Å². The molecule has 3 heterocycles. The van der Waals surface area contributed by atoms with Gasteiger partial charge in [0.15, 0.2) is 10.7 Å². The molecule has 0 atom stereocenters. The van der Waals surface area contributed by atoms with Crippen LogP contribution in [0.25, 0.3) is 16.2 Å². The quantitative estimate of drug-likeness (QED) is 0.612. The number of benzene rings is 1. The summed E-state index contributed by atoms with van der Waals surface area (Å²) in [5.74, 6) is -0.197. The first-order valence-electron chi connectivity index (χ1n) is 7.93.